The summed E-state index contributed by atoms with van der Waals surface area (Å²) in [5.41, 5.74) is 5.56. The van der Waals surface area contributed by atoms with Crippen LogP contribution in [-0.2, 0) is 11.3 Å². The highest BCUT2D eigenvalue weighted by Gasteiger charge is 2.31. The van der Waals surface area contributed by atoms with Gasteiger partial charge in [0, 0.05) is 24.1 Å². The first-order valence-electron chi connectivity index (χ1n) is 6.46. The van der Waals surface area contributed by atoms with E-state index in [0.717, 1.165) is 0 Å². The lowest BCUT2D eigenvalue weighted by atomic mass is 10.00. The van der Waals surface area contributed by atoms with E-state index in [1.54, 1.807) is 19.9 Å². The predicted molar refractivity (Wildman–Crippen MR) is 72.5 cm³/mol. The molecule has 0 saturated carbocycles. The lowest BCUT2D eigenvalue weighted by Gasteiger charge is -2.18. The quantitative estimate of drug-likeness (QED) is 0.849. The number of rotatable bonds is 6. The molecule has 4 nitrogen and oxygen atoms in total. The van der Waals surface area contributed by atoms with Crippen molar-refractivity contribution in [2.75, 3.05) is 0 Å². The van der Waals surface area contributed by atoms with Crippen LogP contribution >= 0.6 is 0 Å². The third kappa shape index (κ3) is 7.55. The molecule has 3 N–H and O–H groups in total. The summed E-state index contributed by atoms with van der Waals surface area (Å²) in [5, 5.41) is 2.56. The molecule has 21 heavy (non-hydrogen) atoms. The van der Waals surface area contributed by atoms with Gasteiger partial charge in [-0.2, -0.15) is 0 Å². The van der Waals surface area contributed by atoms with Gasteiger partial charge in [-0.05, 0) is 26.3 Å². The molecule has 0 aliphatic carbocycles. The smallest absolute Gasteiger partial charge is 0.405 e. The summed E-state index contributed by atoms with van der Waals surface area (Å²) in [6.07, 6.45) is -4.06. The molecular formula is C14H19F3N2O2. The minimum Gasteiger partial charge on any atom is -0.405 e. The van der Waals surface area contributed by atoms with E-state index in [9.17, 15) is 18.0 Å². The minimum absolute atomic E-state index is 0.0317. The van der Waals surface area contributed by atoms with Crippen LogP contribution < -0.4 is 15.8 Å². The Morgan fingerprint density at radius 3 is 2.48 bits per heavy atom. The fraction of sp³-hybridized carbons (Fsp3) is 0.500. The fourth-order valence-electron chi connectivity index (χ4n) is 1.59. The van der Waals surface area contributed by atoms with Crippen molar-refractivity contribution in [1.29, 1.82) is 0 Å². The van der Waals surface area contributed by atoms with Crippen LogP contribution in [-0.4, -0.2) is 17.8 Å². The average molecular weight is 304 g/mol. The molecule has 1 aromatic carbocycles. The highest BCUT2D eigenvalue weighted by Crippen LogP contribution is 2.26. The third-order valence-electron chi connectivity index (χ3n) is 2.67. The van der Waals surface area contributed by atoms with Crippen molar-refractivity contribution in [1.82, 2.24) is 5.32 Å². The maximum atomic E-state index is 12.2. The highest BCUT2D eigenvalue weighted by molar-refractivity contribution is 5.76. The second-order valence-corrected chi connectivity index (χ2v) is 5.42. The molecule has 0 radical (unpaired) electrons. The molecule has 0 aliphatic rings. The SMILES string of the molecule is CC(C)(N)CCC(=O)NCc1ccccc1OC(F)(F)F. The predicted octanol–water partition coefficient (Wildman–Crippen LogP) is 2.72. The summed E-state index contributed by atoms with van der Waals surface area (Å²) in [4.78, 5) is 11.6. The van der Waals surface area contributed by atoms with Crippen LogP contribution in [0, 0.1) is 0 Å². The molecule has 118 valence electrons. The van der Waals surface area contributed by atoms with Crippen LogP contribution in [0.3, 0.4) is 0 Å². The number of hydrogen-bond acceptors (Lipinski definition) is 3. The molecule has 0 fully saturated rings. The summed E-state index contributed by atoms with van der Waals surface area (Å²) in [6.45, 7) is 3.57. The van der Waals surface area contributed by atoms with E-state index in [1.165, 1.54) is 18.2 Å². The lowest BCUT2D eigenvalue weighted by molar-refractivity contribution is -0.274. The van der Waals surface area contributed by atoms with Gasteiger partial charge in [-0.3, -0.25) is 4.79 Å². The van der Waals surface area contributed by atoms with E-state index in [4.69, 9.17) is 5.73 Å². The molecule has 0 unspecified atom stereocenters. The van der Waals surface area contributed by atoms with Gasteiger partial charge in [0.05, 0.1) is 0 Å². The Bertz CT molecular complexity index is 482. The summed E-state index contributed by atoms with van der Waals surface area (Å²) in [5.74, 6) is -0.584. The number of alkyl halides is 3. The van der Waals surface area contributed by atoms with E-state index in [-0.39, 0.29) is 30.2 Å². The van der Waals surface area contributed by atoms with Crippen LogP contribution in [0.4, 0.5) is 13.2 Å². The van der Waals surface area contributed by atoms with Crippen molar-refractivity contribution in [3.63, 3.8) is 0 Å². The summed E-state index contributed by atoms with van der Waals surface area (Å²) >= 11 is 0. The molecule has 0 atom stereocenters. The molecule has 0 spiro atoms. The van der Waals surface area contributed by atoms with Crippen LogP contribution in [0.15, 0.2) is 24.3 Å². The van der Waals surface area contributed by atoms with Crippen molar-refractivity contribution in [2.24, 2.45) is 5.73 Å². The number of carbonyl (C=O) groups excluding carboxylic acids is 1. The molecule has 1 aromatic rings. The highest BCUT2D eigenvalue weighted by atomic mass is 19.4. The molecule has 7 heteroatoms. The van der Waals surface area contributed by atoms with Gasteiger partial charge in [-0.1, -0.05) is 18.2 Å². The number of ether oxygens (including phenoxy) is 1. The Morgan fingerprint density at radius 1 is 1.29 bits per heavy atom. The minimum atomic E-state index is -4.76. The third-order valence-corrected chi connectivity index (χ3v) is 2.67. The van der Waals surface area contributed by atoms with Gasteiger partial charge < -0.3 is 15.8 Å². The van der Waals surface area contributed by atoms with E-state index < -0.39 is 11.9 Å². The van der Waals surface area contributed by atoms with Gasteiger partial charge in [0.15, 0.2) is 0 Å². The first-order valence-corrected chi connectivity index (χ1v) is 6.46. The van der Waals surface area contributed by atoms with Crippen LogP contribution in [0.1, 0.15) is 32.3 Å². The number of para-hydroxylation sites is 1. The summed E-state index contributed by atoms with van der Waals surface area (Å²) in [7, 11) is 0. The Kier molecular flexibility index (Phi) is 5.60. The number of nitrogens with two attached hydrogens (primary N) is 1. The summed E-state index contributed by atoms with van der Waals surface area (Å²) in [6, 6.07) is 5.68. The van der Waals surface area contributed by atoms with E-state index in [2.05, 4.69) is 10.1 Å². The van der Waals surface area contributed by atoms with Gasteiger partial charge in [0.1, 0.15) is 5.75 Å². The maximum absolute atomic E-state index is 12.2. The van der Waals surface area contributed by atoms with Gasteiger partial charge in [-0.25, -0.2) is 0 Å². The second-order valence-electron chi connectivity index (χ2n) is 5.42. The first-order chi connectivity index (χ1) is 9.57. The molecule has 0 aliphatic heterocycles. The van der Waals surface area contributed by atoms with Gasteiger partial charge in [0.2, 0.25) is 5.91 Å². The monoisotopic (exact) mass is 304 g/mol. The average Bonchev–Trinajstić information content (AvgIpc) is 2.32. The van der Waals surface area contributed by atoms with Crippen molar-refractivity contribution >= 4 is 5.91 Å². The van der Waals surface area contributed by atoms with Crippen molar-refractivity contribution in [2.45, 2.75) is 45.1 Å². The molecule has 1 rings (SSSR count). The molecular weight excluding hydrogens is 285 g/mol. The lowest BCUT2D eigenvalue weighted by Crippen LogP contribution is -2.34. The Hall–Kier alpha value is -1.76. The zero-order valence-corrected chi connectivity index (χ0v) is 12.0. The molecule has 1 amide bonds. The number of hydrogen-bond donors (Lipinski definition) is 2. The van der Waals surface area contributed by atoms with Gasteiger partial charge >= 0.3 is 6.36 Å². The largest absolute Gasteiger partial charge is 0.573 e. The topological polar surface area (TPSA) is 64.4 Å². The van der Waals surface area contributed by atoms with Crippen LogP contribution in [0.25, 0.3) is 0 Å². The molecule has 0 bridgehead atoms. The fourth-order valence-corrected chi connectivity index (χ4v) is 1.59. The number of amides is 1. The molecule has 0 saturated heterocycles. The number of carbonyl (C=O) groups is 1. The number of benzene rings is 1. The summed E-state index contributed by atoms with van der Waals surface area (Å²) < 4.78 is 40.7. The van der Waals surface area contributed by atoms with Gasteiger partial charge in [-0.15, -0.1) is 13.2 Å². The first kappa shape index (κ1) is 17.3. The Balaban J connectivity index is 2.57. The van der Waals surface area contributed by atoms with Crippen LogP contribution in [0.2, 0.25) is 0 Å². The number of nitrogens with one attached hydrogen (secondary N) is 1. The van der Waals surface area contributed by atoms with Crippen molar-refractivity contribution < 1.29 is 22.7 Å². The number of halogens is 3. The Labute approximate surface area is 121 Å². The Morgan fingerprint density at radius 2 is 1.90 bits per heavy atom. The van der Waals surface area contributed by atoms with Crippen molar-refractivity contribution in [3.8, 4) is 5.75 Å². The molecule has 0 heterocycles. The second kappa shape index (κ2) is 6.80. The van der Waals surface area contributed by atoms with Gasteiger partial charge in [0.25, 0.3) is 0 Å². The van der Waals surface area contributed by atoms with E-state index >= 15 is 0 Å². The van der Waals surface area contributed by atoms with Crippen molar-refractivity contribution in [3.05, 3.63) is 29.8 Å². The normalized spacial score (nSPS) is 12.1. The van der Waals surface area contributed by atoms with Crippen LogP contribution in [0.5, 0.6) is 5.75 Å². The molecule has 0 aromatic heterocycles. The zero-order valence-electron chi connectivity index (χ0n) is 12.0. The zero-order chi connectivity index (χ0) is 16.1. The maximum Gasteiger partial charge on any atom is 0.573 e. The standard InChI is InChI=1S/C14H19F3N2O2/c1-13(2,18)8-7-12(20)19-9-10-5-3-4-6-11(10)21-14(15,16)17/h3-6H,7-9,18H2,1-2H3,(H,19,20). The van der Waals surface area contributed by atoms with E-state index in [1.807, 2.05) is 0 Å². The van der Waals surface area contributed by atoms with E-state index in [0.29, 0.717) is 6.42 Å².